The van der Waals surface area contributed by atoms with Crippen LogP contribution in [0.2, 0.25) is 5.15 Å². The van der Waals surface area contributed by atoms with Gasteiger partial charge in [0.2, 0.25) is 0 Å². The molecule has 0 aliphatic heterocycles. The number of nitrogens with zero attached hydrogens (tertiary/aromatic N) is 2. The minimum Gasteiger partial charge on any atom is -0.235 e. The van der Waals surface area contributed by atoms with Crippen molar-refractivity contribution in [3.05, 3.63) is 44.7 Å². The van der Waals surface area contributed by atoms with Crippen molar-refractivity contribution in [2.75, 3.05) is 0 Å². The van der Waals surface area contributed by atoms with Crippen molar-refractivity contribution < 1.29 is 13.2 Å². The third-order valence-corrected chi connectivity index (χ3v) is 3.55. The molecule has 0 saturated carbocycles. The molecule has 1 aromatic carbocycles. The largest absolute Gasteiger partial charge is 0.416 e. The molecule has 2 rings (SSSR count). The first-order valence-electron chi connectivity index (χ1n) is 4.73. The van der Waals surface area contributed by atoms with Gasteiger partial charge < -0.3 is 0 Å². The fourth-order valence-electron chi connectivity index (χ4n) is 1.32. The molecule has 0 aliphatic rings. The Kier molecular flexibility index (Phi) is 3.76. The van der Waals surface area contributed by atoms with Crippen molar-refractivity contribution >= 4 is 34.2 Å². The van der Waals surface area contributed by atoms with Gasteiger partial charge in [0.25, 0.3) is 0 Å². The van der Waals surface area contributed by atoms with Crippen LogP contribution in [-0.2, 0) is 6.18 Å². The lowest BCUT2D eigenvalue weighted by Gasteiger charge is -2.08. The van der Waals surface area contributed by atoms with Gasteiger partial charge in [-0.15, -0.1) is 0 Å². The van der Waals surface area contributed by atoms with Gasteiger partial charge in [-0.3, -0.25) is 0 Å². The van der Waals surface area contributed by atoms with Gasteiger partial charge in [-0.1, -0.05) is 23.7 Å². The van der Waals surface area contributed by atoms with Crippen LogP contribution in [0.3, 0.4) is 0 Å². The lowest BCUT2D eigenvalue weighted by Crippen LogP contribution is -2.04. The molecule has 1 aromatic heterocycles. The minimum atomic E-state index is -4.39. The third kappa shape index (κ3) is 2.92. The summed E-state index contributed by atoms with van der Waals surface area (Å²) >= 11 is 7.76. The maximum absolute atomic E-state index is 12.6. The van der Waals surface area contributed by atoms with Gasteiger partial charge in [0.1, 0.15) is 5.15 Å². The average molecular weight is 385 g/mol. The monoisotopic (exact) mass is 384 g/mol. The van der Waals surface area contributed by atoms with Crippen LogP contribution in [0.4, 0.5) is 13.2 Å². The molecule has 0 spiro atoms. The Bertz CT molecular complexity index is 587. The van der Waals surface area contributed by atoms with E-state index in [1.165, 1.54) is 18.3 Å². The highest BCUT2D eigenvalue weighted by molar-refractivity contribution is 14.1. The summed E-state index contributed by atoms with van der Waals surface area (Å²) in [6.07, 6.45) is -2.92. The predicted octanol–water partition coefficient (Wildman–Crippen LogP) is 4.42. The second-order valence-electron chi connectivity index (χ2n) is 3.41. The van der Waals surface area contributed by atoms with Crippen molar-refractivity contribution in [1.29, 1.82) is 0 Å². The van der Waals surface area contributed by atoms with Crippen molar-refractivity contribution in [3.8, 4) is 11.4 Å². The van der Waals surface area contributed by atoms with E-state index >= 15 is 0 Å². The standard InChI is InChI=1S/C11H5ClF3IN2/c12-9-8(16)5-17-10(18-9)6-2-1-3-7(4-6)11(13,14)15/h1-5H. The molecule has 0 radical (unpaired) electrons. The van der Waals surface area contributed by atoms with E-state index in [2.05, 4.69) is 9.97 Å². The van der Waals surface area contributed by atoms with E-state index in [0.717, 1.165) is 12.1 Å². The normalized spacial score (nSPS) is 11.6. The molecule has 1 heterocycles. The average Bonchev–Trinajstić information content (AvgIpc) is 2.32. The Morgan fingerprint density at radius 2 is 1.94 bits per heavy atom. The van der Waals surface area contributed by atoms with Crippen molar-refractivity contribution in [2.45, 2.75) is 6.18 Å². The van der Waals surface area contributed by atoms with E-state index < -0.39 is 11.7 Å². The molecule has 18 heavy (non-hydrogen) atoms. The SMILES string of the molecule is FC(F)(F)c1cccc(-c2ncc(I)c(Cl)n2)c1. The summed E-state index contributed by atoms with van der Waals surface area (Å²) in [5, 5.41) is 0.220. The fourth-order valence-corrected chi connectivity index (χ4v) is 1.71. The molecular weight excluding hydrogens is 379 g/mol. The zero-order valence-corrected chi connectivity index (χ0v) is 11.6. The summed E-state index contributed by atoms with van der Waals surface area (Å²) in [4.78, 5) is 7.91. The summed E-state index contributed by atoms with van der Waals surface area (Å²) in [6, 6.07) is 4.82. The molecule has 0 fully saturated rings. The van der Waals surface area contributed by atoms with Crippen LogP contribution in [0.5, 0.6) is 0 Å². The molecule has 2 aromatic rings. The molecule has 7 heteroatoms. The Morgan fingerprint density at radius 1 is 1.22 bits per heavy atom. The Balaban J connectivity index is 2.48. The van der Waals surface area contributed by atoms with Gasteiger partial charge in [0.15, 0.2) is 5.82 Å². The molecule has 0 amide bonds. The molecular formula is C11H5ClF3IN2. The topological polar surface area (TPSA) is 25.8 Å². The number of rotatable bonds is 1. The van der Waals surface area contributed by atoms with Gasteiger partial charge in [-0.25, -0.2) is 9.97 Å². The molecule has 0 bridgehead atoms. The second-order valence-corrected chi connectivity index (χ2v) is 4.93. The fraction of sp³-hybridized carbons (Fsp3) is 0.0909. The summed E-state index contributed by atoms with van der Waals surface area (Å²) in [5.74, 6) is 0.173. The molecule has 0 N–H and O–H groups in total. The second kappa shape index (κ2) is 5.00. The zero-order chi connectivity index (χ0) is 13.3. The number of benzene rings is 1. The van der Waals surface area contributed by atoms with Gasteiger partial charge >= 0.3 is 6.18 Å². The number of hydrogen-bond donors (Lipinski definition) is 0. The summed E-state index contributed by atoms with van der Waals surface area (Å²) in [6.45, 7) is 0. The summed E-state index contributed by atoms with van der Waals surface area (Å²) < 4.78 is 38.3. The molecule has 0 atom stereocenters. The van der Waals surface area contributed by atoms with E-state index in [-0.39, 0.29) is 16.5 Å². The predicted molar refractivity (Wildman–Crippen MR) is 70.2 cm³/mol. The Morgan fingerprint density at radius 3 is 2.56 bits per heavy atom. The highest BCUT2D eigenvalue weighted by Crippen LogP contribution is 2.31. The Hall–Kier alpha value is -0.890. The minimum absolute atomic E-state index is 0.173. The van der Waals surface area contributed by atoms with E-state index in [0.29, 0.717) is 3.57 Å². The number of aromatic nitrogens is 2. The number of alkyl halides is 3. The van der Waals surface area contributed by atoms with E-state index in [4.69, 9.17) is 11.6 Å². The van der Waals surface area contributed by atoms with Crippen LogP contribution in [0, 0.1) is 3.57 Å². The third-order valence-electron chi connectivity index (χ3n) is 2.15. The van der Waals surface area contributed by atoms with Crippen LogP contribution in [-0.4, -0.2) is 9.97 Å². The maximum Gasteiger partial charge on any atom is 0.416 e. The lowest BCUT2D eigenvalue weighted by molar-refractivity contribution is -0.137. The van der Waals surface area contributed by atoms with Gasteiger partial charge in [-0.05, 0) is 34.7 Å². The van der Waals surface area contributed by atoms with Crippen LogP contribution in [0.25, 0.3) is 11.4 Å². The van der Waals surface area contributed by atoms with Gasteiger partial charge in [-0.2, -0.15) is 13.2 Å². The Labute approximate surface area is 119 Å². The van der Waals surface area contributed by atoms with Crippen LogP contribution >= 0.6 is 34.2 Å². The first-order chi connectivity index (χ1) is 8.38. The van der Waals surface area contributed by atoms with Crippen LogP contribution < -0.4 is 0 Å². The first kappa shape index (κ1) is 13.5. The first-order valence-corrected chi connectivity index (χ1v) is 6.19. The molecule has 0 saturated heterocycles. The molecule has 94 valence electrons. The van der Waals surface area contributed by atoms with Crippen molar-refractivity contribution in [2.24, 2.45) is 0 Å². The van der Waals surface area contributed by atoms with Gasteiger partial charge in [0.05, 0.1) is 9.13 Å². The number of hydrogen-bond acceptors (Lipinski definition) is 2. The molecule has 2 nitrogen and oxygen atoms in total. The number of halogens is 5. The molecule has 0 unspecified atom stereocenters. The lowest BCUT2D eigenvalue weighted by atomic mass is 10.1. The smallest absolute Gasteiger partial charge is 0.235 e. The highest BCUT2D eigenvalue weighted by atomic mass is 127. The quantitative estimate of drug-likeness (QED) is 0.537. The maximum atomic E-state index is 12.6. The summed E-state index contributed by atoms with van der Waals surface area (Å²) in [5.41, 5.74) is -0.457. The molecule has 0 aliphatic carbocycles. The van der Waals surface area contributed by atoms with E-state index in [1.807, 2.05) is 22.6 Å². The van der Waals surface area contributed by atoms with Crippen LogP contribution in [0.1, 0.15) is 5.56 Å². The summed E-state index contributed by atoms with van der Waals surface area (Å²) in [7, 11) is 0. The van der Waals surface area contributed by atoms with Crippen LogP contribution in [0.15, 0.2) is 30.5 Å². The zero-order valence-electron chi connectivity index (χ0n) is 8.67. The van der Waals surface area contributed by atoms with E-state index in [9.17, 15) is 13.2 Å². The van der Waals surface area contributed by atoms with Crippen molar-refractivity contribution in [3.63, 3.8) is 0 Å². The van der Waals surface area contributed by atoms with E-state index in [1.54, 1.807) is 0 Å². The van der Waals surface area contributed by atoms with Gasteiger partial charge in [0, 0.05) is 11.8 Å². The van der Waals surface area contributed by atoms with Crippen molar-refractivity contribution in [1.82, 2.24) is 9.97 Å². The highest BCUT2D eigenvalue weighted by Gasteiger charge is 2.30.